The molecule has 1 aromatic carbocycles. The summed E-state index contributed by atoms with van der Waals surface area (Å²) >= 11 is 1.79. The minimum Gasteiger partial charge on any atom is -0.351 e. The van der Waals surface area contributed by atoms with Crippen molar-refractivity contribution < 1.29 is 4.39 Å². The molecule has 182 valence electrons. The predicted octanol–water partition coefficient (Wildman–Crippen LogP) is 5.17. The van der Waals surface area contributed by atoms with E-state index in [1.807, 2.05) is 29.0 Å². The van der Waals surface area contributed by atoms with Crippen molar-refractivity contribution in [3.63, 3.8) is 0 Å². The molecular formula is C27H26FN7S. The fourth-order valence-corrected chi connectivity index (χ4v) is 5.51. The van der Waals surface area contributed by atoms with Crippen LogP contribution in [0.5, 0.6) is 0 Å². The number of piperazine rings is 1. The van der Waals surface area contributed by atoms with Crippen LogP contribution in [0.15, 0.2) is 67.4 Å². The predicted molar refractivity (Wildman–Crippen MR) is 141 cm³/mol. The highest BCUT2D eigenvalue weighted by Gasteiger charge is 2.23. The van der Waals surface area contributed by atoms with Gasteiger partial charge in [-0.1, -0.05) is 19.1 Å². The van der Waals surface area contributed by atoms with Crippen LogP contribution in [0.1, 0.15) is 28.8 Å². The van der Waals surface area contributed by atoms with Gasteiger partial charge in [0.25, 0.3) is 0 Å². The average molecular weight is 500 g/mol. The van der Waals surface area contributed by atoms with Crippen LogP contribution in [0.2, 0.25) is 0 Å². The van der Waals surface area contributed by atoms with Gasteiger partial charge in [0.05, 0.1) is 0 Å². The Labute approximate surface area is 212 Å². The number of rotatable bonds is 5. The first-order chi connectivity index (χ1) is 17.5. The zero-order valence-electron chi connectivity index (χ0n) is 20.2. The summed E-state index contributed by atoms with van der Waals surface area (Å²) in [5.41, 5.74) is 4.23. The minimum atomic E-state index is -0.227. The lowest BCUT2D eigenvalue weighted by Gasteiger charge is -2.35. The van der Waals surface area contributed by atoms with E-state index in [-0.39, 0.29) is 11.7 Å². The lowest BCUT2D eigenvalue weighted by molar-refractivity contribution is 0.626. The number of thiophene rings is 1. The molecule has 4 aromatic heterocycles. The van der Waals surface area contributed by atoms with Crippen LogP contribution in [-0.4, -0.2) is 50.7 Å². The van der Waals surface area contributed by atoms with Gasteiger partial charge in [-0.3, -0.25) is 0 Å². The number of halogens is 1. The quantitative estimate of drug-likeness (QED) is 0.332. The molecule has 1 atom stereocenters. The van der Waals surface area contributed by atoms with Gasteiger partial charge < -0.3 is 9.80 Å². The highest BCUT2D eigenvalue weighted by Crippen LogP contribution is 2.32. The minimum absolute atomic E-state index is 0.0988. The maximum atomic E-state index is 13.3. The Morgan fingerprint density at radius 2 is 1.61 bits per heavy atom. The normalized spacial score (nSPS) is 15.0. The van der Waals surface area contributed by atoms with Crippen LogP contribution in [-0.2, 0) is 0 Å². The molecule has 6 rings (SSSR count). The molecule has 1 aliphatic rings. The van der Waals surface area contributed by atoms with Crippen LogP contribution in [0.3, 0.4) is 0 Å². The Balaban J connectivity index is 1.15. The Morgan fingerprint density at radius 1 is 0.889 bits per heavy atom. The summed E-state index contributed by atoms with van der Waals surface area (Å²) in [6, 6.07) is 13.1. The fraction of sp³-hybridized carbons (Fsp3) is 0.259. The molecular weight excluding hydrogens is 473 g/mol. The van der Waals surface area contributed by atoms with Crippen molar-refractivity contribution >= 4 is 28.6 Å². The van der Waals surface area contributed by atoms with E-state index < -0.39 is 0 Å². The van der Waals surface area contributed by atoms with Gasteiger partial charge in [-0.05, 0) is 48.4 Å². The second-order valence-corrected chi connectivity index (χ2v) is 10.4. The molecule has 1 unspecified atom stereocenters. The Kier molecular flexibility index (Phi) is 5.85. The zero-order valence-corrected chi connectivity index (χ0v) is 21.0. The monoisotopic (exact) mass is 499 g/mol. The molecule has 0 saturated carbocycles. The van der Waals surface area contributed by atoms with Gasteiger partial charge in [0.2, 0.25) is 5.95 Å². The number of benzene rings is 1. The summed E-state index contributed by atoms with van der Waals surface area (Å²) in [6.45, 7) is 7.46. The first kappa shape index (κ1) is 22.6. The van der Waals surface area contributed by atoms with E-state index in [9.17, 15) is 4.39 Å². The molecule has 1 fully saturated rings. The third kappa shape index (κ3) is 4.30. The van der Waals surface area contributed by atoms with Crippen molar-refractivity contribution in [1.29, 1.82) is 0 Å². The highest BCUT2D eigenvalue weighted by molar-refractivity contribution is 7.15. The Hall–Kier alpha value is -3.85. The molecule has 1 aliphatic heterocycles. The van der Waals surface area contributed by atoms with Crippen molar-refractivity contribution in [3.05, 3.63) is 89.2 Å². The fourth-order valence-electron chi connectivity index (χ4n) is 4.67. The Bertz CT molecular complexity index is 1490. The van der Waals surface area contributed by atoms with E-state index in [1.54, 1.807) is 17.7 Å². The molecule has 0 amide bonds. The van der Waals surface area contributed by atoms with Gasteiger partial charge in [-0.2, -0.15) is 5.10 Å². The Morgan fingerprint density at radius 3 is 2.31 bits per heavy atom. The second-order valence-electron chi connectivity index (χ2n) is 9.12. The summed E-state index contributed by atoms with van der Waals surface area (Å²) in [6.07, 6.45) is 7.46. The molecule has 1 saturated heterocycles. The van der Waals surface area contributed by atoms with Gasteiger partial charge in [-0.25, -0.2) is 23.9 Å². The summed E-state index contributed by atoms with van der Waals surface area (Å²) < 4.78 is 15.2. The van der Waals surface area contributed by atoms with Gasteiger partial charge in [0.15, 0.2) is 5.82 Å². The number of aromatic nitrogens is 5. The van der Waals surface area contributed by atoms with E-state index in [1.165, 1.54) is 21.9 Å². The van der Waals surface area contributed by atoms with Gasteiger partial charge in [0, 0.05) is 66.0 Å². The van der Waals surface area contributed by atoms with Gasteiger partial charge in [-0.15, -0.1) is 11.3 Å². The summed E-state index contributed by atoms with van der Waals surface area (Å²) in [5.74, 6) is 1.56. The molecule has 0 bridgehead atoms. The molecule has 5 heterocycles. The molecule has 0 spiro atoms. The lowest BCUT2D eigenvalue weighted by atomic mass is 9.95. The molecule has 0 radical (unpaired) electrons. The van der Waals surface area contributed by atoms with Crippen molar-refractivity contribution in [3.8, 4) is 10.4 Å². The molecule has 36 heavy (non-hydrogen) atoms. The topological polar surface area (TPSA) is 62.5 Å². The summed E-state index contributed by atoms with van der Waals surface area (Å²) in [5, 5.41) is 4.44. The number of hydrogen-bond donors (Lipinski definition) is 0. The smallest absolute Gasteiger partial charge is 0.225 e. The van der Waals surface area contributed by atoms with E-state index in [0.29, 0.717) is 0 Å². The van der Waals surface area contributed by atoms with Crippen LogP contribution in [0, 0.1) is 12.7 Å². The number of hydrogen-bond acceptors (Lipinski definition) is 7. The van der Waals surface area contributed by atoms with E-state index in [0.717, 1.165) is 60.2 Å². The van der Waals surface area contributed by atoms with Crippen molar-refractivity contribution in [2.24, 2.45) is 0 Å². The SMILES string of the molecule is Cc1ccc(-c2cc3c(N4CCN(c5ncc(C(C)c6ccc(F)cc6)cn5)CC4)ncnn3c2)s1. The van der Waals surface area contributed by atoms with Crippen molar-refractivity contribution in [2.75, 3.05) is 36.0 Å². The lowest BCUT2D eigenvalue weighted by Crippen LogP contribution is -2.47. The number of fused-ring (bicyclic) bond motifs is 1. The van der Waals surface area contributed by atoms with Crippen LogP contribution in [0.4, 0.5) is 16.2 Å². The zero-order chi connectivity index (χ0) is 24.6. The molecule has 9 heteroatoms. The average Bonchev–Trinajstić information content (AvgIpc) is 3.55. The third-order valence-electron chi connectivity index (χ3n) is 6.80. The van der Waals surface area contributed by atoms with Gasteiger partial charge >= 0.3 is 0 Å². The molecule has 7 nitrogen and oxygen atoms in total. The first-order valence-corrected chi connectivity index (χ1v) is 12.8. The van der Waals surface area contributed by atoms with E-state index in [2.05, 4.69) is 68.1 Å². The van der Waals surface area contributed by atoms with Crippen LogP contribution < -0.4 is 9.80 Å². The first-order valence-electron chi connectivity index (χ1n) is 12.0. The standard InChI is InChI=1S/C27H26FN7S/c1-18-3-8-25(36-18)21-13-24-26(31-17-32-35(24)16-21)33-9-11-34(12-10-33)27-29-14-22(15-30-27)19(2)20-4-6-23(28)7-5-20/h3-8,13-17,19H,9-12H2,1-2H3. The van der Waals surface area contributed by atoms with E-state index in [4.69, 9.17) is 0 Å². The van der Waals surface area contributed by atoms with Crippen LogP contribution >= 0.6 is 11.3 Å². The summed E-state index contributed by atoms with van der Waals surface area (Å²) in [7, 11) is 0. The number of aryl methyl sites for hydroxylation is 1. The van der Waals surface area contributed by atoms with E-state index >= 15 is 0 Å². The van der Waals surface area contributed by atoms with Crippen molar-refractivity contribution in [2.45, 2.75) is 19.8 Å². The maximum absolute atomic E-state index is 13.3. The second kappa shape index (κ2) is 9.31. The number of anilines is 2. The molecule has 0 N–H and O–H groups in total. The van der Waals surface area contributed by atoms with Crippen LogP contribution in [0.25, 0.3) is 16.0 Å². The molecule has 0 aliphatic carbocycles. The third-order valence-corrected chi connectivity index (χ3v) is 7.85. The number of nitrogens with zero attached hydrogens (tertiary/aromatic N) is 7. The summed E-state index contributed by atoms with van der Waals surface area (Å²) in [4.78, 5) is 21.0. The maximum Gasteiger partial charge on any atom is 0.225 e. The van der Waals surface area contributed by atoms with Gasteiger partial charge in [0.1, 0.15) is 17.7 Å². The molecule has 5 aromatic rings. The highest BCUT2D eigenvalue weighted by atomic mass is 32.1. The largest absolute Gasteiger partial charge is 0.351 e. The van der Waals surface area contributed by atoms with Crippen molar-refractivity contribution in [1.82, 2.24) is 24.6 Å².